The number of aromatic nitrogens is 3. The number of carbonyl (C=O) groups is 1. The van der Waals surface area contributed by atoms with Crippen LogP contribution in [0.2, 0.25) is 0 Å². The molecule has 2 aliphatic heterocycles. The van der Waals surface area contributed by atoms with E-state index in [4.69, 9.17) is 4.42 Å². The molecule has 2 saturated heterocycles. The lowest BCUT2D eigenvalue weighted by Crippen LogP contribution is -2.54. The van der Waals surface area contributed by atoms with E-state index < -0.39 is 0 Å². The van der Waals surface area contributed by atoms with Gasteiger partial charge < -0.3 is 19.2 Å². The van der Waals surface area contributed by atoms with Crippen molar-refractivity contribution in [2.75, 3.05) is 31.1 Å². The van der Waals surface area contributed by atoms with Gasteiger partial charge in [0.15, 0.2) is 5.58 Å². The van der Waals surface area contributed by atoms with Crippen molar-refractivity contribution in [1.82, 2.24) is 19.9 Å². The number of para-hydroxylation sites is 2. The Balaban J connectivity index is 1.31. The Morgan fingerprint density at radius 3 is 3.00 bits per heavy atom. The van der Waals surface area contributed by atoms with E-state index in [9.17, 15) is 4.79 Å². The SMILES string of the molecule is O=C1CCC2(CCCN(c3nc4ccccc4o3)C2)CN1CCc1cnc[nH]1. The van der Waals surface area contributed by atoms with Gasteiger partial charge in [0, 0.05) is 56.3 Å². The summed E-state index contributed by atoms with van der Waals surface area (Å²) in [5.41, 5.74) is 2.93. The van der Waals surface area contributed by atoms with Crippen molar-refractivity contribution < 1.29 is 9.21 Å². The van der Waals surface area contributed by atoms with Crippen LogP contribution in [0.5, 0.6) is 0 Å². The number of anilines is 1. The minimum atomic E-state index is 0.126. The predicted octanol–water partition coefficient (Wildman–Crippen LogP) is 3.00. The Morgan fingerprint density at radius 2 is 2.14 bits per heavy atom. The van der Waals surface area contributed by atoms with Crippen LogP contribution in [0, 0.1) is 5.41 Å². The zero-order valence-corrected chi connectivity index (χ0v) is 15.9. The lowest BCUT2D eigenvalue weighted by molar-refractivity contribution is -0.137. The number of nitrogens with zero attached hydrogens (tertiary/aromatic N) is 4. The zero-order chi connectivity index (χ0) is 19.0. The molecule has 1 atom stereocenters. The quantitative estimate of drug-likeness (QED) is 0.754. The second-order valence-corrected chi connectivity index (χ2v) is 8.13. The van der Waals surface area contributed by atoms with Crippen molar-refractivity contribution >= 4 is 23.0 Å². The summed E-state index contributed by atoms with van der Waals surface area (Å²) in [6.45, 7) is 3.41. The van der Waals surface area contributed by atoms with Crippen LogP contribution in [0.4, 0.5) is 6.01 Å². The molecule has 1 aromatic carbocycles. The Labute approximate surface area is 163 Å². The molecule has 0 radical (unpaired) electrons. The molecule has 2 aromatic heterocycles. The molecule has 146 valence electrons. The first-order valence-corrected chi connectivity index (χ1v) is 10.1. The molecular weight excluding hydrogens is 354 g/mol. The molecule has 2 fully saturated rings. The van der Waals surface area contributed by atoms with E-state index in [0.717, 1.165) is 68.7 Å². The van der Waals surface area contributed by atoms with Crippen molar-refractivity contribution in [3.05, 3.63) is 42.5 Å². The number of likely N-dealkylation sites (tertiary alicyclic amines) is 1. The third-order valence-electron chi connectivity index (χ3n) is 6.17. The number of fused-ring (bicyclic) bond motifs is 1. The fourth-order valence-electron chi connectivity index (χ4n) is 4.68. The molecular formula is C21H25N5O2. The fraction of sp³-hybridized carbons (Fsp3) is 0.476. The summed E-state index contributed by atoms with van der Waals surface area (Å²) in [6.07, 6.45) is 8.16. The third kappa shape index (κ3) is 3.25. The highest BCUT2D eigenvalue weighted by atomic mass is 16.4. The van der Waals surface area contributed by atoms with Crippen molar-refractivity contribution in [1.29, 1.82) is 0 Å². The molecule has 28 heavy (non-hydrogen) atoms. The Hall–Kier alpha value is -2.83. The average Bonchev–Trinajstić information content (AvgIpc) is 3.38. The first-order chi connectivity index (χ1) is 13.7. The highest BCUT2D eigenvalue weighted by Crippen LogP contribution is 2.40. The van der Waals surface area contributed by atoms with E-state index in [0.29, 0.717) is 12.4 Å². The number of benzene rings is 1. The number of hydrogen-bond acceptors (Lipinski definition) is 5. The van der Waals surface area contributed by atoms with Crippen LogP contribution in [0.25, 0.3) is 11.1 Å². The Kier molecular flexibility index (Phi) is 4.30. The minimum Gasteiger partial charge on any atom is -0.423 e. The van der Waals surface area contributed by atoms with E-state index in [1.54, 1.807) is 6.33 Å². The first-order valence-electron chi connectivity index (χ1n) is 10.1. The van der Waals surface area contributed by atoms with Gasteiger partial charge in [-0.2, -0.15) is 4.98 Å². The average molecular weight is 379 g/mol. The number of amides is 1. The molecule has 7 nitrogen and oxygen atoms in total. The van der Waals surface area contributed by atoms with Gasteiger partial charge >= 0.3 is 0 Å². The highest BCUT2D eigenvalue weighted by molar-refractivity contribution is 5.77. The molecule has 5 rings (SSSR count). The van der Waals surface area contributed by atoms with Crippen LogP contribution >= 0.6 is 0 Å². The Bertz CT molecular complexity index is 933. The van der Waals surface area contributed by atoms with Gasteiger partial charge in [0.05, 0.1) is 6.33 Å². The van der Waals surface area contributed by atoms with Gasteiger partial charge in [0.25, 0.3) is 6.01 Å². The predicted molar refractivity (Wildman–Crippen MR) is 106 cm³/mol. The van der Waals surface area contributed by atoms with Gasteiger partial charge in [0.1, 0.15) is 5.52 Å². The van der Waals surface area contributed by atoms with E-state index in [2.05, 4.69) is 19.9 Å². The fourth-order valence-corrected chi connectivity index (χ4v) is 4.68. The normalized spacial score (nSPS) is 23.1. The van der Waals surface area contributed by atoms with Gasteiger partial charge in [-0.3, -0.25) is 4.79 Å². The molecule has 1 amide bonds. The van der Waals surface area contributed by atoms with E-state index in [-0.39, 0.29) is 11.3 Å². The van der Waals surface area contributed by atoms with Gasteiger partial charge in [-0.25, -0.2) is 4.98 Å². The molecule has 0 aliphatic carbocycles. The summed E-state index contributed by atoms with van der Waals surface area (Å²) in [5.74, 6) is 0.268. The molecule has 0 bridgehead atoms. The third-order valence-corrected chi connectivity index (χ3v) is 6.17. The van der Waals surface area contributed by atoms with Crippen LogP contribution in [-0.2, 0) is 11.2 Å². The molecule has 7 heteroatoms. The van der Waals surface area contributed by atoms with E-state index in [1.165, 1.54) is 0 Å². The minimum absolute atomic E-state index is 0.126. The van der Waals surface area contributed by atoms with Crippen molar-refractivity contribution in [2.24, 2.45) is 5.41 Å². The van der Waals surface area contributed by atoms with Crippen molar-refractivity contribution in [3.8, 4) is 0 Å². The second-order valence-electron chi connectivity index (χ2n) is 8.13. The number of H-pyrrole nitrogens is 1. The molecule has 4 heterocycles. The summed E-state index contributed by atoms with van der Waals surface area (Å²) >= 11 is 0. The summed E-state index contributed by atoms with van der Waals surface area (Å²) in [5, 5.41) is 0. The molecule has 3 aromatic rings. The summed E-state index contributed by atoms with van der Waals surface area (Å²) in [6, 6.07) is 8.61. The van der Waals surface area contributed by atoms with Gasteiger partial charge in [-0.05, 0) is 31.4 Å². The maximum absolute atomic E-state index is 12.5. The maximum atomic E-state index is 12.5. The van der Waals surface area contributed by atoms with Gasteiger partial charge in [-0.1, -0.05) is 12.1 Å². The summed E-state index contributed by atoms with van der Waals surface area (Å²) < 4.78 is 6.01. The maximum Gasteiger partial charge on any atom is 0.298 e. The monoisotopic (exact) mass is 379 g/mol. The number of oxazole rings is 1. The highest BCUT2D eigenvalue weighted by Gasteiger charge is 2.42. The molecule has 0 saturated carbocycles. The van der Waals surface area contributed by atoms with Crippen LogP contribution in [0.1, 0.15) is 31.4 Å². The van der Waals surface area contributed by atoms with Crippen molar-refractivity contribution in [3.63, 3.8) is 0 Å². The smallest absolute Gasteiger partial charge is 0.298 e. The number of aromatic amines is 1. The lowest BCUT2D eigenvalue weighted by atomic mass is 9.73. The largest absolute Gasteiger partial charge is 0.423 e. The number of imidazole rings is 1. The number of carbonyl (C=O) groups excluding carboxylic acids is 1. The van der Waals surface area contributed by atoms with E-state index in [1.807, 2.05) is 35.4 Å². The lowest BCUT2D eigenvalue weighted by Gasteiger charge is -2.47. The van der Waals surface area contributed by atoms with Gasteiger partial charge in [-0.15, -0.1) is 0 Å². The molecule has 1 N–H and O–H groups in total. The zero-order valence-electron chi connectivity index (χ0n) is 15.9. The van der Waals surface area contributed by atoms with Crippen molar-refractivity contribution in [2.45, 2.75) is 32.1 Å². The Morgan fingerprint density at radius 1 is 1.21 bits per heavy atom. The number of nitrogens with one attached hydrogen (secondary N) is 1. The molecule has 2 aliphatic rings. The first kappa shape index (κ1) is 17.3. The molecule has 1 spiro atoms. The number of rotatable bonds is 4. The number of hydrogen-bond donors (Lipinski definition) is 1. The van der Waals surface area contributed by atoms with Crippen LogP contribution in [0.15, 0.2) is 41.2 Å². The molecule has 1 unspecified atom stereocenters. The van der Waals surface area contributed by atoms with Gasteiger partial charge in [0.2, 0.25) is 5.91 Å². The van der Waals surface area contributed by atoms with Crippen LogP contribution in [0.3, 0.4) is 0 Å². The van der Waals surface area contributed by atoms with Crippen LogP contribution < -0.4 is 4.90 Å². The second kappa shape index (κ2) is 6.96. The summed E-state index contributed by atoms with van der Waals surface area (Å²) in [4.78, 5) is 28.7. The topological polar surface area (TPSA) is 78.3 Å². The summed E-state index contributed by atoms with van der Waals surface area (Å²) in [7, 11) is 0. The van der Waals surface area contributed by atoms with Crippen LogP contribution in [-0.4, -0.2) is 51.9 Å². The van der Waals surface area contributed by atoms with E-state index >= 15 is 0 Å². The number of piperidine rings is 2. The standard InChI is InChI=1S/C21H25N5O2/c27-19-6-9-21(13-25(19)11-7-16-12-22-15-23-16)8-3-10-26(14-21)20-24-17-4-1-2-5-18(17)28-20/h1-2,4-5,12,15H,3,6-11,13-14H2,(H,22,23).